The Bertz CT molecular complexity index is 1190. The van der Waals surface area contributed by atoms with Gasteiger partial charge in [-0.2, -0.15) is 16.1 Å². The van der Waals surface area contributed by atoms with E-state index in [0.717, 1.165) is 34.6 Å². The van der Waals surface area contributed by atoms with Crippen molar-refractivity contribution in [1.82, 2.24) is 4.31 Å². The van der Waals surface area contributed by atoms with Gasteiger partial charge in [0.1, 0.15) is 5.75 Å². The lowest BCUT2D eigenvalue weighted by atomic mass is 9.92. The minimum Gasteiger partial charge on any atom is -0.497 e. The average molecular weight is 452 g/mol. The highest BCUT2D eigenvalue weighted by Gasteiger charge is 2.55. The smallest absolute Gasteiger partial charge is 0.244 e. The van der Waals surface area contributed by atoms with E-state index in [-0.39, 0.29) is 17.3 Å². The molecule has 2 heterocycles. The molecule has 2 aliphatic heterocycles. The molecule has 0 amide bonds. The first-order chi connectivity index (χ1) is 15.0. The molecule has 3 aromatic carbocycles. The second kappa shape index (κ2) is 8.01. The number of sulfonamides is 1. The number of rotatable bonds is 6. The summed E-state index contributed by atoms with van der Waals surface area (Å²) in [6, 6.07) is 23.3. The highest BCUT2D eigenvalue weighted by molar-refractivity contribution is 7.99. The van der Waals surface area contributed by atoms with Gasteiger partial charge in [-0.15, -0.1) is 0 Å². The van der Waals surface area contributed by atoms with Crippen molar-refractivity contribution in [2.75, 3.05) is 7.11 Å². The predicted molar refractivity (Wildman–Crippen MR) is 125 cm³/mol. The number of nitrogens with zero attached hydrogens (tertiary/aromatic N) is 1. The number of hydrogen-bond donors (Lipinski definition) is 0. The Hall–Kier alpha value is -2.28. The third-order valence-electron chi connectivity index (χ3n) is 6.28. The summed E-state index contributed by atoms with van der Waals surface area (Å²) in [6.45, 7) is 1.97. The molecule has 0 spiro atoms. The first-order valence-electron chi connectivity index (χ1n) is 10.4. The Morgan fingerprint density at radius 1 is 0.968 bits per heavy atom. The zero-order valence-electron chi connectivity index (χ0n) is 17.6. The Labute approximate surface area is 188 Å². The predicted octanol–water partition coefficient (Wildman–Crippen LogP) is 5.50. The number of ether oxygens (including phenoxy) is 1. The average Bonchev–Trinajstić information content (AvgIpc) is 3.33. The van der Waals surface area contributed by atoms with Gasteiger partial charge < -0.3 is 4.74 Å². The summed E-state index contributed by atoms with van der Waals surface area (Å²) in [5.74, 6) is 1.69. The summed E-state index contributed by atoms with van der Waals surface area (Å²) in [6.07, 6.45) is 0.841. The van der Waals surface area contributed by atoms with Gasteiger partial charge in [-0.05, 0) is 54.3 Å². The molecule has 5 rings (SSSR count). The third-order valence-corrected chi connectivity index (χ3v) is 9.57. The lowest BCUT2D eigenvalue weighted by Crippen LogP contribution is -2.29. The summed E-state index contributed by atoms with van der Waals surface area (Å²) in [7, 11) is -1.91. The summed E-state index contributed by atoms with van der Waals surface area (Å²) >= 11 is 1.85. The SMILES string of the molecule is COc1ccc(CS[C@H]2C[C@H]3c4ccccc4[C@@H]2N3S(=O)(=O)c2ccc(C)cc2)cc1. The van der Waals surface area contributed by atoms with Gasteiger partial charge in [-0.25, -0.2) is 8.42 Å². The van der Waals surface area contributed by atoms with Crippen molar-refractivity contribution >= 4 is 21.8 Å². The summed E-state index contributed by atoms with van der Waals surface area (Å²) in [4.78, 5) is 0.377. The molecular formula is C25H25NO3S2. The zero-order valence-corrected chi connectivity index (χ0v) is 19.2. The Balaban J connectivity index is 1.44. The van der Waals surface area contributed by atoms with Gasteiger partial charge in [-0.3, -0.25) is 0 Å². The van der Waals surface area contributed by atoms with Crippen molar-refractivity contribution in [2.45, 2.75) is 41.3 Å². The van der Waals surface area contributed by atoms with Gasteiger partial charge in [0.05, 0.1) is 24.1 Å². The Morgan fingerprint density at radius 3 is 2.32 bits per heavy atom. The lowest BCUT2D eigenvalue weighted by molar-refractivity contribution is 0.367. The van der Waals surface area contributed by atoms with Crippen LogP contribution in [0.3, 0.4) is 0 Å². The number of benzene rings is 3. The van der Waals surface area contributed by atoms with E-state index >= 15 is 0 Å². The first kappa shape index (κ1) is 20.6. The van der Waals surface area contributed by atoms with Gasteiger partial charge in [0, 0.05) is 11.0 Å². The van der Waals surface area contributed by atoms with E-state index in [4.69, 9.17) is 4.74 Å². The van der Waals surface area contributed by atoms with E-state index in [9.17, 15) is 8.42 Å². The number of hydrogen-bond acceptors (Lipinski definition) is 4. The van der Waals surface area contributed by atoms with Crippen LogP contribution in [-0.2, 0) is 15.8 Å². The van der Waals surface area contributed by atoms with Crippen molar-refractivity contribution in [3.8, 4) is 5.75 Å². The molecule has 0 aliphatic carbocycles. The molecule has 4 nitrogen and oxygen atoms in total. The maximum Gasteiger partial charge on any atom is 0.244 e. The molecule has 2 bridgehead atoms. The molecule has 0 saturated carbocycles. The van der Waals surface area contributed by atoms with Crippen LogP contribution in [0.15, 0.2) is 77.7 Å². The van der Waals surface area contributed by atoms with Crippen LogP contribution in [-0.4, -0.2) is 25.1 Å². The highest BCUT2D eigenvalue weighted by atomic mass is 32.2. The molecule has 1 saturated heterocycles. The van der Waals surface area contributed by atoms with E-state index < -0.39 is 10.0 Å². The molecule has 0 aromatic heterocycles. The molecule has 160 valence electrons. The minimum absolute atomic E-state index is 0.0964. The second-order valence-corrected chi connectivity index (χ2v) is 11.2. The van der Waals surface area contributed by atoms with Crippen LogP contribution in [0.2, 0.25) is 0 Å². The summed E-state index contributed by atoms with van der Waals surface area (Å²) in [5.41, 5.74) is 4.58. The van der Waals surface area contributed by atoms with E-state index in [1.54, 1.807) is 23.5 Å². The van der Waals surface area contributed by atoms with Crippen LogP contribution in [0.25, 0.3) is 0 Å². The second-order valence-electron chi connectivity index (χ2n) is 8.17. The summed E-state index contributed by atoms with van der Waals surface area (Å²) in [5, 5.41) is 0.224. The fraction of sp³-hybridized carbons (Fsp3) is 0.280. The van der Waals surface area contributed by atoms with Crippen LogP contribution in [0.5, 0.6) is 5.75 Å². The monoisotopic (exact) mass is 451 g/mol. The van der Waals surface area contributed by atoms with Gasteiger partial charge >= 0.3 is 0 Å². The van der Waals surface area contributed by atoms with E-state index in [1.807, 2.05) is 55.1 Å². The van der Waals surface area contributed by atoms with Crippen LogP contribution >= 0.6 is 11.8 Å². The minimum atomic E-state index is -3.58. The fourth-order valence-corrected chi connectivity index (χ4v) is 8.00. The highest BCUT2D eigenvalue weighted by Crippen LogP contribution is 2.58. The number of thioether (sulfide) groups is 1. The third kappa shape index (κ3) is 3.56. The number of methoxy groups -OCH3 is 1. The molecule has 3 atom stereocenters. The van der Waals surface area contributed by atoms with Crippen molar-refractivity contribution in [3.05, 3.63) is 95.1 Å². The first-order valence-corrected chi connectivity index (χ1v) is 12.9. The van der Waals surface area contributed by atoms with Crippen molar-refractivity contribution in [2.24, 2.45) is 0 Å². The maximum atomic E-state index is 13.7. The number of aryl methyl sites for hydroxylation is 1. The van der Waals surface area contributed by atoms with Gasteiger partial charge in [0.2, 0.25) is 10.0 Å². The van der Waals surface area contributed by atoms with E-state index in [0.29, 0.717) is 4.90 Å². The summed E-state index contributed by atoms with van der Waals surface area (Å²) < 4.78 is 34.4. The molecule has 0 N–H and O–H groups in total. The van der Waals surface area contributed by atoms with Crippen LogP contribution in [0.1, 0.15) is 40.8 Å². The molecule has 6 heteroatoms. The maximum absolute atomic E-state index is 13.7. The van der Waals surface area contributed by atoms with Crippen LogP contribution in [0, 0.1) is 6.92 Å². The van der Waals surface area contributed by atoms with Gasteiger partial charge in [-0.1, -0.05) is 54.1 Å². The standard InChI is InChI=1S/C25H25NO3S2/c1-17-7-13-20(14-8-17)31(27,28)26-23-15-24(25(26)22-6-4-3-5-21(22)23)30-16-18-9-11-19(29-2)12-10-18/h3-14,23-25H,15-16H2,1-2H3/t23-,24-,25-/m0/s1. The van der Waals surface area contributed by atoms with Crippen LogP contribution in [0.4, 0.5) is 0 Å². The topological polar surface area (TPSA) is 46.6 Å². The van der Waals surface area contributed by atoms with E-state index in [1.165, 1.54) is 5.56 Å². The largest absolute Gasteiger partial charge is 0.497 e. The number of fused-ring (bicyclic) bond motifs is 5. The fourth-order valence-electron chi connectivity index (χ4n) is 4.73. The lowest BCUT2D eigenvalue weighted by Gasteiger charge is -2.25. The molecular weight excluding hydrogens is 426 g/mol. The molecule has 3 aromatic rings. The Morgan fingerprint density at radius 2 is 1.65 bits per heavy atom. The molecule has 0 unspecified atom stereocenters. The van der Waals surface area contributed by atoms with Crippen LogP contribution < -0.4 is 4.74 Å². The normalized spacial score (nSPS) is 22.5. The molecule has 2 aliphatic rings. The van der Waals surface area contributed by atoms with E-state index in [2.05, 4.69) is 24.3 Å². The Kier molecular flexibility index (Phi) is 5.32. The van der Waals surface area contributed by atoms with Crippen molar-refractivity contribution in [3.63, 3.8) is 0 Å². The van der Waals surface area contributed by atoms with Crippen molar-refractivity contribution < 1.29 is 13.2 Å². The zero-order chi connectivity index (χ0) is 21.6. The molecule has 1 fully saturated rings. The molecule has 31 heavy (non-hydrogen) atoms. The van der Waals surface area contributed by atoms with Gasteiger partial charge in [0.15, 0.2) is 0 Å². The molecule has 0 radical (unpaired) electrons. The van der Waals surface area contributed by atoms with Crippen molar-refractivity contribution in [1.29, 1.82) is 0 Å². The quantitative estimate of drug-likeness (QED) is 0.497. The van der Waals surface area contributed by atoms with Gasteiger partial charge in [0.25, 0.3) is 0 Å².